The normalized spacial score (nSPS) is 12.4. The van der Waals surface area contributed by atoms with Gasteiger partial charge in [0.1, 0.15) is 0 Å². The Labute approximate surface area is 116 Å². The lowest BCUT2D eigenvalue weighted by atomic mass is 9.98. The van der Waals surface area contributed by atoms with Crippen molar-refractivity contribution in [1.29, 1.82) is 0 Å². The van der Waals surface area contributed by atoms with Gasteiger partial charge >= 0.3 is 0 Å². The van der Waals surface area contributed by atoms with Crippen molar-refractivity contribution < 1.29 is 8.42 Å². The molecule has 3 nitrogen and oxygen atoms in total. The van der Waals surface area contributed by atoms with Gasteiger partial charge in [-0.1, -0.05) is 23.3 Å². The molecule has 0 amide bonds. The Morgan fingerprint density at radius 3 is 2.26 bits per heavy atom. The van der Waals surface area contributed by atoms with Crippen LogP contribution < -0.4 is 4.72 Å². The van der Waals surface area contributed by atoms with E-state index in [1.807, 2.05) is 27.7 Å². The summed E-state index contributed by atoms with van der Waals surface area (Å²) in [4.78, 5) is 0.307. The fourth-order valence-electron chi connectivity index (χ4n) is 1.72. The molecule has 1 N–H and O–H groups in total. The van der Waals surface area contributed by atoms with Crippen molar-refractivity contribution in [3.63, 3.8) is 0 Å². The monoisotopic (exact) mass is 281 g/mol. The number of aryl methyl sites for hydroxylation is 1. The number of sulfonamides is 1. The zero-order chi connectivity index (χ0) is 14.7. The van der Waals surface area contributed by atoms with Gasteiger partial charge in [0.25, 0.3) is 0 Å². The highest BCUT2D eigenvalue weighted by molar-refractivity contribution is 7.89. The molecule has 0 spiro atoms. The zero-order valence-corrected chi connectivity index (χ0v) is 13.0. The molecule has 0 aliphatic carbocycles. The third-order valence-corrected chi connectivity index (χ3v) is 4.63. The summed E-state index contributed by atoms with van der Waals surface area (Å²) < 4.78 is 27.3. The number of hydrogen-bond donors (Lipinski definition) is 1. The fourth-order valence-corrected chi connectivity index (χ4v) is 3.16. The molecule has 1 rings (SSSR count). The molecule has 0 saturated carbocycles. The summed E-state index contributed by atoms with van der Waals surface area (Å²) in [6.07, 6.45) is 1.54. The highest BCUT2D eigenvalue weighted by atomic mass is 32.2. The van der Waals surface area contributed by atoms with Crippen molar-refractivity contribution in [2.24, 2.45) is 0 Å². The number of rotatable bonds is 6. The molecule has 1 aromatic rings. The maximum atomic E-state index is 12.3. The minimum Gasteiger partial charge on any atom is -0.207 e. The Bertz CT molecular complexity index is 542. The van der Waals surface area contributed by atoms with E-state index >= 15 is 0 Å². The molecule has 106 valence electrons. The van der Waals surface area contributed by atoms with Crippen molar-refractivity contribution in [3.05, 3.63) is 42.0 Å². The maximum absolute atomic E-state index is 12.3. The van der Waals surface area contributed by atoms with Crippen LogP contribution in [0.2, 0.25) is 0 Å². The minimum atomic E-state index is -3.46. The van der Waals surface area contributed by atoms with E-state index in [1.165, 1.54) is 0 Å². The van der Waals surface area contributed by atoms with Gasteiger partial charge in [0.15, 0.2) is 0 Å². The Morgan fingerprint density at radius 2 is 1.79 bits per heavy atom. The standard InChI is InChI=1S/C15H23NO2S/c1-12(2)10-11-15(4,5)16-19(17,18)14-8-6-13(3)7-9-14/h6-9,16H,1,10-11H2,2-5H3. The summed E-state index contributed by atoms with van der Waals surface area (Å²) in [5.41, 5.74) is 1.62. The molecule has 0 fully saturated rings. The van der Waals surface area contributed by atoms with Crippen LogP contribution in [0.25, 0.3) is 0 Å². The molecule has 0 aliphatic rings. The lowest BCUT2D eigenvalue weighted by Gasteiger charge is -2.26. The Balaban J connectivity index is 2.84. The molecule has 0 unspecified atom stereocenters. The second-order valence-corrected chi connectivity index (χ2v) is 7.44. The van der Waals surface area contributed by atoms with Crippen molar-refractivity contribution in [3.8, 4) is 0 Å². The van der Waals surface area contributed by atoms with Gasteiger partial charge in [-0.15, -0.1) is 6.58 Å². The second-order valence-electron chi connectivity index (χ2n) is 5.76. The van der Waals surface area contributed by atoms with E-state index < -0.39 is 15.6 Å². The van der Waals surface area contributed by atoms with Gasteiger partial charge in [-0.2, -0.15) is 0 Å². The van der Waals surface area contributed by atoms with Crippen LogP contribution in [0.5, 0.6) is 0 Å². The lowest BCUT2D eigenvalue weighted by Crippen LogP contribution is -2.43. The van der Waals surface area contributed by atoms with Gasteiger partial charge in [0, 0.05) is 5.54 Å². The highest BCUT2D eigenvalue weighted by Crippen LogP contribution is 2.19. The van der Waals surface area contributed by atoms with Crippen LogP contribution in [0.4, 0.5) is 0 Å². The van der Waals surface area contributed by atoms with Crippen LogP contribution in [0.3, 0.4) is 0 Å². The average molecular weight is 281 g/mol. The first-order chi connectivity index (χ1) is 8.62. The molecule has 0 saturated heterocycles. The van der Waals surface area contributed by atoms with Crippen LogP contribution in [0.15, 0.2) is 41.3 Å². The molecular formula is C15H23NO2S. The first-order valence-corrected chi connectivity index (χ1v) is 7.86. The second kappa shape index (κ2) is 5.88. The number of hydrogen-bond acceptors (Lipinski definition) is 2. The third kappa shape index (κ3) is 5.17. The number of allylic oxidation sites excluding steroid dienone is 1. The maximum Gasteiger partial charge on any atom is 0.241 e. The van der Waals surface area contributed by atoms with Gasteiger partial charge in [-0.05, 0) is 52.7 Å². The van der Waals surface area contributed by atoms with E-state index in [0.29, 0.717) is 4.90 Å². The predicted octanol–water partition coefficient (Wildman–Crippen LogP) is 3.41. The number of benzene rings is 1. The van der Waals surface area contributed by atoms with E-state index in [0.717, 1.165) is 24.0 Å². The zero-order valence-electron chi connectivity index (χ0n) is 12.2. The fraction of sp³-hybridized carbons (Fsp3) is 0.467. The van der Waals surface area contributed by atoms with Gasteiger partial charge in [-0.25, -0.2) is 13.1 Å². The van der Waals surface area contributed by atoms with Crippen molar-refractivity contribution >= 4 is 10.0 Å². The van der Waals surface area contributed by atoms with Gasteiger partial charge < -0.3 is 0 Å². The van der Waals surface area contributed by atoms with Gasteiger partial charge in [0.2, 0.25) is 10.0 Å². The summed E-state index contributed by atoms with van der Waals surface area (Å²) >= 11 is 0. The minimum absolute atomic E-state index is 0.307. The van der Waals surface area contributed by atoms with Gasteiger partial charge in [-0.3, -0.25) is 0 Å². The average Bonchev–Trinajstić information content (AvgIpc) is 2.26. The quantitative estimate of drug-likeness (QED) is 0.812. The summed E-state index contributed by atoms with van der Waals surface area (Å²) in [6.45, 7) is 11.5. The van der Waals surface area contributed by atoms with Crippen molar-refractivity contribution in [1.82, 2.24) is 4.72 Å². The molecule has 1 aromatic carbocycles. The summed E-state index contributed by atoms with van der Waals surface area (Å²) in [6, 6.07) is 6.86. The van der Waals surface area contributed by atoms with Crippen molar-refractivity contribution in [2.45, 2.75) is 51.0 Å². The smallest absolute Gasteiger partial charge is 0.207 e. The molecule has 19 heavy (non-hydrogen) atoms. The SMILES string of the molecule is C=C(C)CCC(C)(C)NS(=O)(=O)c1ccc(C)cc1. The first-order valence-electron chi connectivity index (χ1n) is 6.37. The van der Waals surface area contributed by atoms with Crippen LogP contribution >= 0.6 is 0 Å². The van der Waals surface area contributed by atoms with E-state index in [-0.39, 0.29) is 0 Å². The van der Waals surface area contributed by atoms with E-state index in [2.05, 4.69) is 11.3 Å². The molecular weight excluding hydrogens is 258 g/mol. The first kappa shape index (κ1) is 15.9. The van der Waals surface area contributed by atoms with E-state index in [1.54, 1.807) is 24.3 Å². The largest absolute Gasteiger partial charge is 0.241 e. The molecule has 0 heterocycles. The topological polar surface area (TPSA) is 46.2 Å². The van der Waals surface area contributed by atoms with Crippen LogP contribution in [-0.2, 0) is 10.0 Å². The van der Waals surface area contributed by atoms with Crippen molar-refractivity contribution in [2.75, 3.05) is 0 Å². The molecule has 4 heteroatoms. The molecule has 0 atom stereocenters. The van der Waals surface area contributed by atoms with Crippen LogP contribution in [0.1, 0.15) is 39.2 Å². The summed E-state index contributed by atoms with van der Waals surface area (Å²) in [5, 5.41) is 0. The highest BCUT2D eigenvalue weighted by Gasteiger charge is 2.25. The summed E-state index contributed by atoms with van der Waals surface area (Å²) in [5.74, 6) is 0. The Morgan fingerprint density at radius 1 is 1.26 bits per heavy atom. The van der Waals surface area contributed by atoms with E-state index in [4.69, 9.17) is 0 Å². The van der Waals surface area contributed by atoms with Gasteiger partial charge in [0.05, 0.1) is 4.90 Å². The predicted molar refractivity (Wildman–Crippen MR) is 79.6 cm³/mol. The Hall–Kier alpha value is -1.13. The molecule has 0 aromatic heterocycles. The molecule has 0 aliphatic heterocycles. The third-order valence-electron chi connectivity index (χ3n) is 2.92. The van der Waals surface area contributed by atoms with Crippen LogP contribution in [-0.4, -0.2) is 14.0 Å². The lowest BCUT2D eigenvalue weighted by molar-refractivity contribution is 0.422. The molecule has 0 radical (unpaired) electrons. The Kier molecular flexibility index (Phi) is 4.93. The van der Waals surface area contributed by atoms with E-state index in [9.17, 15) is 8.42 Å². The molecule has 0 bridgehead atoms. The van der Waals surface area contributed by atoms with Crippen LogP contribution in [0, 0.1) is 6.92 Å². The number of nitrogens with one attached hydrogen (secondary N) is 1. The summed E-state index contributed by atoms with van der Waals surface area (Å²) in [7, 11) is -3.46.